The molecule has 10 heteroatoms. The normalized spacial score (nSPS) is 12.4. The first-order valence-electron chi connectivity index (χ1n) is 6.78. The molecule has 0 spiro atoms. The highest BCUT2D eigenvalue weighted by Crippen LogP contribution is 2.23. The van der Waals surface area contributed by atoms with Crippen molar-refractivity contribution in [2.24, 2.45) is 5.14 Å². The molecule has 0 aliphatic rings. The fourth-order valence-corrected chi connectivity index (χ4v) is 3.95. The van der Waals surface area contributed by atoms with Crippen molar-refractivity contribution in [1.82, 2.24) is 0 Å². The largest absolute Gasteiger partial charge is 0.279 e. The molecule has 0 bridgehead atoms. The first kappa shape index (κ1) is 19.4. The van der Waals surface area contributed by atoms with Crippen LogP contribution in [0.1, 0.15) is 5.56 Å². The van der Waals surface area contributed by atoms with E-state index in [1.165, 1.54) is 6.08 Å². The Balaban J connectivity index is 2.28. The van der Waals surface area contributed by atoms with Crippen molar-refractivity contribution in [1.29, 1.82) is 0 Å². The number of halogens is 1. The summed E-state index contributed by atoms with van der Waals surface area (Å²) in [6.07, 6.45) is 3.28. The molecule has 0 amide bonds. The van der Waals surface area contributed by atoms with E-state index in [4.69, 9.17) is 5.14 Å². The van der Waals surface area contributed by atoms with Crippen LogP contribution < -0.4 is 9.86 Å². The number of sulfonamides is 2. The number of anilines is 1. The van der Waals surface area contributed by atoms with Crippen LogP contribution in [-0.2, 0) is 20.0 Å². The predicted octanol–water partition coefficient (Wildman–Crippen LogP) is 2.61. The summed E-state index contributed by atoms with van der Waals surface area (Å²) in [4.78, 5) is 0.385. The van der Waals surface area contributed by atoms with E-state index in [2.05, 4.69) is 4.72 Å². The molecule has 0 radical (unpaired) electrons. The van der Waals surface area contributed by atoms with Gasteiger partial charge in [-0.3, -0.25) is 4.72 Å². The van der Waals surface area contributed by atoms with Crippen LogP contribution in [0.2, 0.25) is 0 Å². The summed E-state index contributed by atoms with van der Waals surface area (Å²) in [5, 5.41) is 5.87. The van der Waals surface area contributed by atoms with Gasteiger partial charge in [-0.2, -0.15) is 0 Å². The molecule has 0 aromatic heterocycles. The van der Waals surface area contributed by atoms with Crippen molar-refractivity contribution in [2.75, 3.05) is 11.0 Å². The highest BCUT2D eigenvalue weighted by molar-refractivity contribution is 7.98. The van der Waals surface area contributed by atoms with Gasteiger partial charge in [-0.15, -0.1) is 11.8 Å². The van der Waals surface area contributed by atoms with E-state index in [9.17, 15) is 21.2 Å². The Morgan fingerprint density at radius 3 is 2.28 bits per heavy atom. The first-order valence-corrected chi connectivity index (χ1v) is 11.1. The molecule has 25 heavy (non-hydrogen) atoms. The second-order valence-corrected chi connectivity index (χ2v) is 8.88. The number of nitrogens with one attached hydrogen (secondary N) is 1. The van der Waals surface area contributed by atoms with Gasteiger partial charge in [0, 0.05) is 4.90 Å². The lowest BCUT2D eigenvalue weighted by Crippen LogP contribution is -2.17. The van der Waals surface area contributed by atoms with Crippen molar-refractivity contribution in [2.45, 2.75) is 9.79 Å². The summed E-state index contributed by atoms with van der Waals surface area (Å²) < 4.78 is 62.5. The Bertz CT molecular complexity index is 1000. The lowest BCUT2D eigenvalue weighted by molar-refractivity contribution is 0.593. The zero-order valence-electron chi connectivity index (χ0n) is 13.0. The van der Waals surface area contributed by atoms with Crippen LogP contribution >= 0.6 is 11.8 Å². The van der Waals surface area contributed by atoms with Crippen LogP contribution in [0, 0.1) is 5.82 Å². The van der Waals surface area contributed by atoms with Crippen molar-refractivity contribution < 1.29 is 21.2 Å². The van der Waals surface area contributed by atoms with Crippen molar-refractivity contribution in [3.63, 3.8) is 0 Å². The maximum Gasteiger partial charge on any atom is 0.255 e. The summed E-state index contributed by atoms with van der Waals surface area (Å²) in [6.45, 7) is 0. The van der Waals surface area contributed by atoms with E-state index >= 15 is 0 Å². The third-order valence-electron chi connectivity index (χ3n) is 3.06. The van der Waals surface area contributed by atoms with Gasteiger partial charge >= 0.3 is 0 Å². The summed E-state index contributed by atoms with van der Waals surface area (Å²) in [6, 6.07) is 9.73. The monoisotopic (exact) mass is 402 g/mol. The molecule has 0 aliphatic carbocycles. The highest BCUT2D eigenvalue weighted by Gasteiger charge is 2.18. The fourth-order valence-electron chi connectivity index (χ4n) is 1.89. The quantitative estimate of drug-likeness (QED) is 0.723. The van der Waals surface area contributed by atoms with Gasteiger partial charge in [0.1, 0.15) is 10.7 Å². The topological polar surface area (TPSA) is 106 Å². The third kappa shape index (κ3) is 5.56. The Labute approximate surface area is 150 Å². The Hall–Kier alpha value is -1.88. The standard InChI is InChI=1S/C15H15FN2O4S3/c1-23-13-5-2-11(3-6-13)8-9-24(19,20)18-14-7-4-12(16)10-15(14)25(17,21)22/h2-10,18H,1H3,(H2,17,21,22)/b9-8+. The van der Waals surface area contributed by atoms with Crippen molar-refractivity contribution >= 4 is 43.6 Å². The van der Waals surface area contributed by atoms with E-state index in [0.29, 0.717) is 11.6 Å². The minimum Gasteiger partial charge on any atom is -0.279 e. The summed E-state index contributed by atoms with van der Waals surface area (Å²) >= 11 is 1.55. The lowest BCUT2D eigenvalue weighted by Gasteiger charge is -2.09. The minimum absolute atomic E-state index is 0.328. The van der Waals surface area contributed by atoms with Crippen molar-refractivity contribution in [3.05, 3.63) is 59.3 Å². The van der Waals surface area contributed by atoms with Gasteiger partial charge in [0.2, 0.25) is 10.0 Å². The SMILES string of the molecule is CSc1ccc(/C=C/S(=O)(=O)Nc2ccc(F)cc2S(N)(=O)=O)cc1. The van der Waals surface area contributed by atoms with E-state index in [1.54, 1.807) is 23.9 Å². The van der Waals surface area contributed by atoms with Crippen LogP contribution in [0.15, 0.2) is 57.7 Å². The smallest absolute Gasteiger partial charge is 0.255 e. The second kappa shape index (κ2) is 7.56. The molecule has 0 fully saturated rings. The summed E-state index contributed by atoms with van der Waals surface area (Å²) in [5.74, 6) is -0.851. The van der Waals surface area contributed by atoms with E-state index in [-0.39, 0.29) is 5.69 Å². The van der Waals surface area contributed by atoms with E-state index in [1.807, 2.05) is 18.4 Å². The van der Waals surface area contributed by atoms with Gasteiger partial charge < -0.3 is 0 Å². The maximum absolute atomic E-state index is 13.2. The third-order valence-corrected chi connectivity index (χ3v) is 5.75. The molecule has 0 atom stereocenters. The number of primary sulfonamides is 1. The number of thioether (sulfide) groups is 1. The molecule has 2 rings (SSSR count). The molecule has 0 saturated heterocycles. The van der Waals surface area contributed by atoms with Crippen LogP contribution in [0.3, 0.4) is 0 Å². The molecule has 2 aromatic rings. The Morgan fingerprint density at radius 2 is 1.72 bits per heavy atom. The Morgan fingerprint density at radius 1 is 1.08 bits per heavy atom. The second-order valence-electron chi connectivity index (χ2n) is 4.91. The minimum atomic E-state index is -4.30. The van der Waals surface area contributed by atoms with Gasteiger partial charge in [0.15, 0.2) is 0 Å². The number of rotatable bonds is 6. The number of benzene rings is 2. The van der Waals surface area contributed by atoms with Crippen molar-refractivity contribution in [3.8, 4) is 0 Å². The molecular weight excluding hydrogens is 387 g/mol. The average Bonchev–Trinajstić information content (AvgIpc) is 2.54. The van der Waals surface area contributed by atoms with Gasteiger partial charge in [0.05, 0.1) is 11.1 Å². The van der Waals surface area contributed by atoms with E-state index in [0.717, 1.165) is 22.4 Å². The van der Waals surface area contributed by atoms with Gasteiger partial charge in [-0.25, -0.2) is 26.4 Å². The zero-order valence-corrected chi connectivity index (χ0v) is 15.5. The number of hydrogen-bond acceptors (Lipinski definition) is 5. The molecular formula is C15H15FN2O4S3. The molecule has 6 nitrogen and oxygen atoms in total. The average molecular weight is 402 g/mol. The first-order chi connectivity index (χ1) is 11.6. The zero-order chi connectivity index (χ0) is 18.7. The van der Waals surface area contributed by atoms with Crippen LogP contribution in [0.25, 0.3) is 6.08 Å². The van der Waals surface area contributed by atoms with Crippen LogP contribution in [0.4, 0.5) is 10.1 Å². The molecule has 134 valence electrons. The van der Waals surface area contributed by atoms with Gasteiger partial charge in [-0.05, 0) is 48.2 Å². The number of hydrogen-bond donors (Lipinski definition) is 2. The Kier molecular flexibility index (Phi) is 5.88. The number of nitrogens with two attached hydrogens (primary N) is 1. The van der Waals surface area contributed by atoms with Crippen LogP contribution in [-0.4, -0.2) is 23.1 Å². The summed E-state index contributed by atoms with van der Waals surface area (Å²) in [7, 11) is -8.32. The lowest BCUT2D eigenvalue weighted by atomic mass is 10.2. The predicted molar refractivity (Wildman–Crippen MR) is 97.6 cm³/mol. The van der Waals surface area contributed by atoms with Gasteiger partial charge in [0.25, 0.3) is 10.0 Å². The van der Waals surface area contributed by atoms with E-state index < -0.39 is 30.8 Å². The maximum atomic E-state index is 13.2. The van der Waals surface area contributed by atoms with Crippen LogP contribution in [0.5, 0.6) is 0 Å². The summed E-state index contributed by atoms with van der Waals surface area (Å²) in [5.41, 5.74) is 0.320. The molecule has 3 N–H and O–H groups in total. The molecule has 2 aromatic carbocycles. The molecule has 0 saturated carbocycles. The highest BCUT2D eigenvalue weighted by atomic mass is 32.2. The molecule has 0 unspecified atom stereocenters. The van der Waals surface area contributed by atoms with Gasteiger partial charge in [-0.1, -0.05) is 12.1 Å². The fraction of sp³-hybridized carbons (Fsp3) is 0.0667. The molecule has 0 heterocycles. The molecule has 0 aliphatic heterocycles.